The summed E-state index contributed by atoms with van der Waals surface area (Å²) in [4.78, 5) is 5.26. The maximum atomic E-state index is 8.33. The van der Waals surface area contributed by atoms with E-state index in [2.05, 4.69) is 27.1 Å². The second kappa shape index (κ2) is 7.38. The number of benzene rings is 1. The highest BCUT2D eigenvalue weighted by molar-refractivity contribution is 5.44. The summed E-state index contributed by atoms with van der Waals surface area (Å²) in [5.41, 5.74) is 9.59. The molecule has 0 aliphatic carbocycles. The van der Waals surface area contributed by atoms with Crippen LogP contribution >= 0.6 is 0 Å². The van der Waals surface area contributed by atoms with Crippen molar-refractivity contribution in [2.75, 3.05) is 26.2 Å². The van der Waals surface area contributed by atoms with E-state index in [1.54, 1.807) is 0 Å². The van der Waals surface area contributed by atoms with Crippen LogP contribution in [0, 0.1) is 0 Å². The van der Waals surface area contributed by atoms with Gasteiger partial charge in [0.15, 0.2) is 11.5 Å². The number of azide groups is 1. The first kappa shape index (κ1) is 15.0. The van der Waals surface area contributed by atoms with Crippen LogP contribution in [0.1, 0.15) is 31.2 Å². The minimum Gasteiger partial charge on any atom is -0.486 e. The zero-order valence-corrected chi connectivity index (χ0v) is 12.8. The van der Waals surface area contributed by atoms with Crippen LogP contribution in [0.4, 0.5) is 0 Å². The lowest BCUT2D eigenvalue weighted by atomic mass is 10.1. The second-order valence-electron chi connectivity index (χ2n) is 5.91. The molecule has 0 N–H and O–H groups in total. The number of ether oxygens (including phenoxy) is 2. The van der Waals surface area contributed by atoms with Crippen LogP contribution in [0.15, 0.2) is 23.3 Å². The molecule has 118 valence electrons. The SMILES string of the molecule is [N-]=[N+]=NCCC1COc2ccc(CN3CCCCC3)cc2O1. The van der Waals surface area contributed by atoms with E-state index < -0.39 is 0 Å². The first-order valence-corrected chi connectivity index (χ1v) is 8.01. The van der Waals surface area contributed by atoms with Gasteiger partial charge in [0.1, 0.15) is 12.7 Å². The number of hydrogen-bond donors (Lipinski definition) is 0. The summed E-state index contributed by atoms with van der Waals surface area (Å²) in [5.74, 6) is 1.62. The molecule has 6 nitrogen and oxygen atoms in total. The third kappa shape index (κ3) is 3.84. The molecule has 0 amide bonds. The zero-order valence-electron chi connectivity index (χ0n) is 12.8. The van der Waals surface area contributed by atoms with Gasteiger partial charge in [-0.2, -0.15) is 0 Å². The van der Waals surface area contributed by atoms with Crippen molar-refractivity contribution in [2.45, 2.75) is 38.3 Å². The van der Waals surface area contributed by atoms with Crippen molar-refractivity contribution >= 4 is 0 Å². The van der Waals surface area contributed by atoms with Crippen molar-refractivity contribution in [3.05, 3.63) is 34.2 Å². The Morgan fingerprint density at radius 1 is 1.23 bits per heavy atom. The summed E-state index contributed by atoms with van der Waals surface area (Å²) in [5, 5.41) is 3.56. The number of hydrogen-bond acceptors (Lipinski definition) is 4. The molecule has 22 heavy (non-hydrogen) atoms. The Balaban J connectivity index is 1.62. The topological polar surface area (TPSA) is 70.5 Å². The Labute approximate surface area is 130 Å². The average molecular weight is 302 g/mol. The summed E-state index contributed by atoms with van der Waals surface area (Å²) in [6.07, 6.45) is 4.59. The summed E-state index contributed by atoms with van der Waals surface area (Å²) < 4.78 is 11.7. The fraction of sp³-hybridized carbons (Fsp3) is 0.625. The smallest absolute Gasteiger partial charge is 0.162 e. The Bertz CT molecular complexity index is 551. The molecule has 1 aromatic carbocycles. The molecule has 1 fully saturated rings. The van der Waals surface area contributed by atoms with E-state index in [1.807, 2.05) is 6.07 Å². The van der Waals surface area contributed by atoms with E-state index in [-0.39, 0.29) is 6.10 Å². The molecule has 3 rings (SSSR count). The molecular weight excluding hydrogens is 280 g/mol. The third-order valence-corrected chi connectivity index (χ3v) is 4.20. The normalized spacial score (nSPS) is 21.2. The van der Waals surface area contributed by atoms with Crippen molar-refractivity contribution < 1.29 is 9.47 Å². The molecule has 1 saturated heterocycles. The number of rotatable bonds is 5. The predicted octanol–water partition coefficient (Wildman–Crippen LogP) is 3.51. The molecule has 1 unspecified atom stereocenters. The van der Waals surface area contributed by atoms with E-state index >= 15 is 0 Å². The quantitative estimate of drug-likeness (QED) is 0.474. The van der Waals surface area contributed by atoms with Crippen molar-refractivity contribution in [3.8, 4) is 11.5 Å². The van der Waals surface area contributed by atoms with Crippen LogP contribution in [-0.2, 0) is 6.54 Å². The summed E-state index contributed by atoms with van der Waals surface area (Å²) in [6.45, 7) is 4.29. The number of likely N-dealkylation sites (tertiary alicyclic amines) is 1. The number of piperidine rings is 1. The highest BCUT2D eigenvalue weighted by atomic mass is 16.6. The van der Waals surface area contributed by atoms with Crippen molar-refractivity contribution in [3.63, 3.8) is 0 Å². The summed E-state index contributed by atoms with van der Waals surface area (Å²) in [6, 6.07) is 6.21. The Morgan fingerprint density at radius 2 is 2.09 bits per heavy atom. The van der Waals surface area contributed by atoms with E-state index in [1.165, 1.54) is 37.9 Å². The maximum Gasteiger partial charge on any atom is 0.162 e. The molecule has 0 radical (unpaired) electrons. The van der Waals surface area contributed by atoms with Gasteiger partial charge in [0.25, 0.3) is 0 Å². The Hall–Kier alpha value is -1.91. The molecule has 1 aromatic rings. The van der Waals surface area contributed by atoms with Crippen LogP contribution in [-0.4, -0.2) is 37.2 Å². The summed E-state index contributed by atoms with van der Waals surface area (Å²) >= 11 is 0. The maximum absolute atomic E-state index is 8.33. The molecule has 0 bridgehead atoms. The van der Waals surface area contributed by atoms with E-state index in [9.17, 15) is 0 Å². The van der Waals surface area contributed by atoms with Gasteiger partial charge in [0.05, 0.1) is 0 Å². The van der Waals surface area contributed by atoms with Gasteiger partial charge < -0.3 is 9.47 Å². The fourth-order valence-corrected chi connectivity index (χ4v) is 3.02. The summed E-state index contributed by atoms with van der Waals surface area (Å²) in [7, 11) is 0. The third-order valence-electron chi connectivity index (χ3n) is 4.20. The lowest BCUT2D eigenvalue weighted by molar-refractivity contribution is 0.0863. The van der Waals surface area contributed by atoms with Gasteiger partial charge in [-0.3, -0.25) is 4.90 Å². The van der Waals surface area contributed by atoms with E-state index in [0.717, 1.165) is 18.0 Å². The lowest BCUT2D eigenvalue weighted by Gasteiger charge is -2.29. The molecule has 1 atom stereocenters. The van der Waals surface area contributed by atoms with Crippen LogP contribution in [0.5, 0.6) is 11.5 Å². The van der Waals surface area contributed by atoms with Gasteiger partial charge in [0, 0.05) is 18.0 Å². The first-order chi connectivity index (χ1) is 10.8. The van der Waals surface area contributed by atoms with Gasteiger partial charge in [-0.05, 0) is 55.6 Å². The van der Waals surface area contributed by atoms with Gasteiger partial charge in [-0.1, -0.05) is 17.6 Å². The van der Waals surface area contributed by atoms with E-state index in [0.29, 0.717) is 19.6 Å². The van der Waals surface area contributed by atoms with Crippen molar-refractivity contribution in [1.29, 1.82) is 0 Å². The lowest BCUT2D eigenvalue weighted by Crippen LogP contribution is -2.30. The molecule has 2 heterocycles. The molecule has 0 spiro atoms. The Kier molecular flexibility index (Phi) is 5.03. The molecular formula is C16H22N4O2. The molecule has 6 heteroatoms. The zero-order chi connectivity index (χ0) is 15.2. The molecule has 2 aliphatic heterocycles. The first-order valence-electron chi connectivity index (χ1n) is 8.01. The monoisotopic (exact) mass is 302 g/mol. The molecule has 2 aliphatic rings. The van der Waals surface area contributed by atoms with Crippen LogP contribution in [0.25, 0.3) is 10.4 Å². The number of nitrogens with zero attached hydrogens (tertiary/aromatic N) is 4. The van der Waals surface area contributed by atoms with Crippen LogP contribution in [0.3, 0.4) is 0 Å². The number of fused-ring (bicyclic) bond motifs is 1. The standard InChI is InChI=1S/C16H22N4O2/c17-19-18-7-6-14-12-21-15-5-4-13(10-16(15)22-14)11-20-8-2-1-3-9-20/h4-5,10,14H,1-3,6-9,11-12H2. The predicted molar refractivity (Wildman–Crippen MR) is 84.1 cm³/mol. The molecule has 0 saturated carbocycles. The molecule has 0 aromatic heterocycles. The van der Waals surface area contributed by atoms with Gasteiger partial charge >= 0.3 is 0 Å². The van der Waals surface area contributed by atoms with Gasteiger partial charge in [-0.15, -0.1) is 0 Å². The van der Waals surface area contributed by atoms with Crippen LogP contribution < -0.4 is 9.47 Å². The minimum absolute atomic E-state index is 0.0387. The highest BCUT2D eigenvalue weighted by Gasteiger charge is 2.21. The van der Waals surface area contributed by atoms with Gasteiger partial charge in [0.2, 0.25) is 0 Å². The van der Waals surface area contributed by atoms with Crippen molar-refractivity contribution in [2.24, 2.45) is 5.11 Å². The largest absolute Gasteiger partial charge is 0.486 e. The van der Waals surface area contributed by atoms with E-state index in [4.69, 9.17) is 15.0 Å². The van der Waals surface area contributed by atoms with Crippen molar-refractivity contribution in [1.82, 2.24) is 4.90 Å². The second-order valence-corrected chi connectivity index (χ2v) is 5.91. The average Bonchev–Trinajstić information content (AvgIpc) is 2.56. The van der Waals surface area contributed by atoms with Crippen LogP contribution in [0.2, 0.25) is 0 Å². The fourth-order valence-electron chi connectivity index (χ4n) is 3.02. The Morgan fingerprint density at radius 3 is 2.91 bits per heavy atom. The van der Waals surface area contributed by atoms with Gasteiger partial charge in [-0.25, -0.2) is 0 Å². The highest BCUT2D eigenvalue weighted by Crippen LogP contribution is 2.33. The minimum atomic E-state index is -0.0387.